The molecule has 0 aliphatic heterocycles. The first-order valence-electron chi connectivity index (χ1n) is 4.06. The maximum atomic E-state index is 5.39. The third-order valence-electron chi connectivity index (χ3n) is 1.79. The second-order valence-corrected chi connectivity index (χ2v) is 3.52. The fraction of sp³-hybridized carbons (Fsp3) is 0.222. The summed E-state index contributed by atoms with van der Waals surface area (Å²) in [6, 6.07) is 3.89. The van der Waals surface area contributed by atoms with Crippen molar-refractivity contribution >= 4 is 26.8 Å². The van der Waals surface area contributed by atoms with Gasteiger partial charge in [-0.3, -0.25) is 5.10 Å². The standard InChI is InChI=1S/C9H9BrN2O/c1-2-13-6-3-8(10)7-5-11-12-9(7)4-6/h3-5H,2H2,1H3,(H,11,12). The molecule has 0 unspecified atom stereocenters. The Kier molecular flexibility index (Phi) is 2.22. The van der Waals surface area contributed by atoms with E-state index in [-0.39, 0.29) is 0 Å². The summed E-state index contributed by atoms with van der Waals surface area (Å²) in [7, 11) is 0. The van der Waals surface area contributed by atoms with Crippen molar-refractivity contribution in [3.63, 3.8) is 0 Å². The molecule has 0 spiro atoms. The van der Waals surface area contributed by atoms with Crippen molar-refractivity contribution < 1.29 is 4.74 Å². The zero-order chi connectivity index (χ0) is 9.26. The summed E-state index contributed by atoms with van der Waals surface area (Å²) in [6.45, 7) is 2.64. The lowest BCUT2D eigenvalue weighted by Crippen LogP contribution is -1.90. The first kappa shape index (κ1) is 8.56. The van der Waals surface area contributed by atoms with Gasteiger partial charge < -0.3 is 4.74 Å². The average Bonchev–Trinajstić information content (AvgIpc) is 2.53. The number of hydrogen-bond donors (Lipinski definition) is 1. The van der Waals surface area contributed by atoms with E-state index in [1.807, 2.05) is 19.1 Å². The quantitative estimate of drug-likeness (QED) is 0.877. The number of nitrogens with one attached hydrogen (secondary N) is 1. The highest BCUT2D eigenvalue weighted by Crippen LogP contribution is 2.27. The molecule has 2 rings (SSSR count). The van der Waals surface area contributed by atoms with E-state index in [9.17, 15) is 0 Å². The normalized spacial score (nSPS) is 10.6. The van der Waals surface area contributed by atoms with E-state index in [0.717, 1.165) is 21.1 Å². The molecule has 0 amide bonds. The molecule has 4 heteroatoms. The van der Waals surface area contributed by atoms with Gasteiger partial charge in [0.1, 0.15) is 5.75 Å². The van der Waals surface area contributed by atoms with Crippen molar-refractivity contribution in [1.82, 2.24) is 10.2 Å². The molecule has 0 aliphatic rings. The number of H-pyrrole nitrogens is 1. The lowest BCUT2D eigenvalue weighted by Gasteiger charge is -2.03. The first-order valence-corrected chi connectivity index (χ1v) is 4.86. The van der Waals surface area contributed by atoms with Crippen LogP contribution in [0.15, 0.2) is 22.8 Å². The van der Waals surface area contributed by atoms with Crippen LogP contribution in [0.2, 0.25) is 0 Å². The lowest BCUT2D eigenvalue weighted by molar-refractivity contribution is 0.340. The lowest BCUT2D eigenvalue weighted by atomic mass is 10.2. The predicted molar refractivity (Wildman–Crippen MR) is 55.0 cm³/mol. The molecule has 13 heavy (non-hydrogen) atoms. The Bertz CT molecular complexity index is 424. The van der Waals surface area contributed by atoms with Gasteiger partial charge in [-0.05, 0) is 28.9 Å². The summed E-state index contributed by atoms with van der Waals surface area (Å²) in [6.07, 6.45) is 1.79. The Labute approximate surface area is 84.2 Å². The van der Waals surface area contributed by atoms with Crippen LogP contribution in [-0.4, -0.2) is 16.8 Å². The Morgan fingerprint density at radius 3 is 3.15 bits per heavy atom. The molecular weight excluding hydrogens is 232 g/mol. The molecule has 0 aliphatic carbocycles. The largest absolute Gasteiger partial charge is 0.494 e. The molecule has 1 heterocycles. The summed E-state index contributed by atoms with van der Waals surface area (Å²) in [5.74, 6) is 0.853. The minimum atomic E-state index is 0.673. The summed E-state index contributed by atoms with van der Waals surface area (Å²) in [5, 5.41) is 7.92. The van der Waals surface area contributed by atoms with Crippen LogP contribution in [0.4, 0.5) is 0 Å². The van der Waals surface area contributed by atoms with Gasteiger partial charge in [0.05, 0.1) is 18.3 Å². The van der Waals surface area contributed by atoms with Crippen LogP contribution in [0.5, 0.6) is 5.75 Å². The average molecular weight is 241 g/mol. The van der Waals surface area contributed by atoms with Crippen LogP contribution in [0.1, 0.15) is 6.92 Å². The fourth-order valence-corrected chi connectivity index (χ4v) is 1.77. The Hall–Kier alpha value is -1.03. The van der Waals surface area contributed by atoms with Gasteiger partial charge in [0.15, 0.2) is 0 Å². The highest BCUT2D eigenvalue weighted by molar-refractivity contribution is 9.10. The van der Waals surface area contributed by atoms with Gasteiger partial charge in [-0.1, -0.05) is 0 Å². The second-order valence-electron chi connectivity index (χ2n) is 2.67. The molecule has 68 valence electrons. The minimum absolute atomic E-state index is 0.673. The van der Waals surface area contributed by atoms with Crippen LogP contribution in [0, 0.1) is 0 Å². The number of nitrogens with zero attached hydrogens (tertiary/aromatic N) is 1. The van der Waals surface area contributed by atoms with E-state index in [1.54, 1.807) is 6.20 Å². The number of aromatic nitrogens is 2. The molecule has 0 radical (unpaired) electrons. The van der Waals surface area contributed by atoms with Gasteiger partial charge in [-0.15, -0.1) is 0 Å². The van der Waals surface area contributed by atoms with Gasteiger partial charge in [0.2, 0.25) is 0 Å². The van der Waals surface area contributed by atoms with Crippen molar-refractivity contribution in [3.8, 4) is 5.75 Å². The van der Waals surface area contributed by atoms with Crippen molar-refractivity contribution in [2.75, 3.05) is 6.61 Å². The fourth-order valence-electron chi connectivity index (χ4n) is 1.23. The van der Waals surface area contributed by atoms with E-state index in [2.05, 4.69) is 26.1 Å². The van der Waals surface area contributed by atoms with E-state index in [4.69, 9.17) is 4.74 Å². The molecule has 0 saturated carbocycles. The molecule has 1 aromatic heterocycles. The van der Waals surface area contributed by atoms with E-state index in [1.165, 1.54) is 0 Å². The van der Waals surface area contributed by atoms with Gasteiger partial charge in [0, 0.05) is 15.9 Å². The Morgan fingerprint density at radius 1 is 1.54 bits per heavy atom. The van der Waals surface area contributed by atoms with Gasteiger partial charge in [0.25, 0.3) is 0 Å². The van der Waals surface area contributed by atoms with Crippen LogP contribution < -0.4 is 4.74 Å². The van der Waals surface area contributed by atoms with Gasteiger partial charge in [-0.25, -0.2) is 0 Å². The zero-order valence-corrected chi connectivity index (χ0v) is 8.76. The number of benzene rings is 1. The maximum absolute atomic E-state index is 5.39. The summed E-state index contributed by atoms with van der Waals surface area (Å²) in [4.78, 5) is 0. The van der Waals surface area contributed by atoms with Crippen LogP contribution >= 0.6 is 15.9 Å². The van der Waals surface area contributed by atoms with Crippen molar-refractivity contribution in [2.45, 2.75) is 6.92 Å². The number of rotatable bonds is 2. The number of halogens is 1. The molecule has 0 saturated heterocycles. The Balaban J connectivity index is 2.56. The highest BCUT2D eigenvalue weighted by Gasteiger charge is 2.03. The van der Waals surface area contributed by atoms with E-state index < -0.39 is 0 Å². The Morgan fingerprint density at radius 2 is 2.38 bits per heavy atom. The molecule has 0 bridgehead atoms. The molecular formula is C9H9BrN2O. The summed E-state index contributed by atoms with van der Waals surface area (Å²) >= 11 is 3.46. The SMILES string of the molecule is CCOc1cc(Br)c2cn[nH]c2c1. The van der Waals surface area contributed by atoms with Crippen LogP contribution in [0.25, 0.3) is 10.9 Å². The van der Waals surface area contributed by atoms with Crippen molar-refractivity contribution in [3.05, 3.63) is 22.8 Å². The number of aromatic amines is 1. The molecule has 0 atom stereocenters. The maximum Gasteiger partial charge on any atom is 0.122 e. The predicted octanol–water partition coefficient (Wildman–Crippen LogP) is 2.72. The summed E-state index contributed by atoms with van der Waals surface area (Å²) < 4.78 is 6.39. The monoisotopic (exact) mass is 240 g/mol. The molecule has 1 aromatic carbocycles. The third-order valence-corrected chi connectivity index (χ3v) is 2.45. The van der Waals surface area contributed by atoms with E-state index in [0.29, 0.717) is 6.61 Å². The zero-order valence-electron chi connectivity index (χ0n) is 7.17. The first-order chi connectivity index (χ1) is 6.31. The van der Waals surface area contributed by atoms with Gasteiger partial charge in [-0.2, -0.15) is 5.10 Å². The number of ether oxygens (including phenoxy) is 1. The smallest absolute Gasteiger partial charge is 0.122 e. The third kappa shape index (κ3) is 1.54. The molecule has 2 aromatic rings. The summed E-state index contributed by atoms with van der Waals surface area (Å²) in [5.41, 5.74) is 0.984. The van der Waals surface area contributed by atoms with Gasteiger partial charge >= 0.3 is 0 Å². The van der Waals surface area contributed by atoms with E-state index >= 15 is 0 Å². The van der Waals surface area contributed by atoms with Crippen molar-refractivity contribution in [2.24, 2.45) is 0 Å². The van der Waals surface area contributed by atoms with Crippen LogP contribution in [0.3, 0.4) is 0 Å². The second kappa shape index (κ2) is 3.38. The highest BCUT2D eigenvalue weighted by atomic mass is 79.9. The number of fused-ring (bicyclic) bond motifs is 1. The van der Waals surface area contributed by atoms with Crippen LogP contribution in [-0.2, 0) is 0 Å². The molecule has 0 fully saturated rings. The molecule has 1 N–H and O–H groups in total. The number of hydrogen-bond acceptors (Lipinski definition) is 2. The van der Waals surface area contributed by atoms with Crippen molar-refractivity contribution in [1.29, 1.82) is 0 Å². The topological polar surface area (TPSA) is 37.9 Å². The molecule has 3 nitrogen and oxygen atoms in total. The minimum Gasteiger partial charge on any atom is -0.494 e.